The van der Waals surface area contributed by atoms with E-state index in [2.05, 4.69) is 0 Å². The highest BCUT2D eigenvalue weighted by molar-refractivity contribution is 8.18. The third kappa shape index (κ3) is 2.60. The first kappa shape index (κ1) is 13.2. The van der Waals surface area contributed by atoms with Crippen LogP contribution in [-0.2, 0) is 4.79 Å². The summed E-state index contributed by atoms with van der Waals surface area (Å²) in [6, 6.07) is 7.01. The van der Waals surface area contributed by atoms with Gasteiger partial charge in [-0.25, -0.2) is 0 Å². The smallest absolute Gasteiger partial charge is 0.268 e. The summed E-state index contributed by atoms with van der Waals surface area (Å²) >= 11 is 6.76. The standard InChI is InChI=1S/C13H12ClNO2S/c1-8(2)15-12(16)11(18-13(15)17)7-9-3-5-10(14)6-4-9/h3-8H,1-2H3/b11-7+. The van der Waals surface area contributed by atoms with Crippen LogP contribution in [0.4, 0.5) is 4.79 Å². The van der Waals surface area contributed by atoms with Crippen LogP contribution in [-0.4, -0.2) is 22.1 Å². The van der Waals surface area contributed by atoms with Crippen molar-refractivity contribution in [2.75, 3.05) is 0 Å². The van der Waals surface area contributed by atoms with Crippen LogP contribution in [0.1, 0.15) is 19.4 Å². The molecule has 1 aromatic rings. The molecule has 1 aliphatic rings. The number of benzene rings is 1. The fourth-order valence-electron chi connectivity index (χ4n) is 1.64. The molecule has 0 atom stereocenters. The largest absolute Gasteiger partial charge is 0.293 e. The van der Waals surface area contributed by atoms with Crippen LogP contribution in [0.2, 0.25) is 5.02 Å². The molecule has 0 unspecified atom stereocenters. The lowest BCUT2D eigenvalue weighted by Crippen LogP contribution is -2.34. The number of amides is 2. The first-order valence-corrected chi connectivity index (χ1v) is 6.71. The van der Waals surface area contributed by atoms with Crippen LogP contribution >= 0.6 is 23.4 Å². The van der Waals surface area contributed by atoms with E-state index >= 15 is 0 Å². The zero-order valence-corrected chi connectivity index (χ0v) is 11.6. The highest BCUT2D eigenvalue weighted by Gasteiger charge is 2.36. The van der Waals surface area contributed by atoms with Gasteiger partial charge in [0.1, 0.15) is 0 Å². The Bertz CT molecular complexity index is 522. The summed E-state index contributed by atoms with van der Waals surface area (Å²) in [5.74, 6) is -0.227. The number of nitrogens with zero attached hydrogens (tertiary/aromatic N) is 1. The molecular weight excluding hydrogens is 270 g/mol. The molecule has 18 heavy (non-hydrogen) atoms. The first-order valence-electron chi connectivity index (χ1n) is 5.51. The van der Waals surface area contributed by atoms with Gasteiger partial charge < -0.3 is 0 Å². The monoisotopic (exact) mass is 281 g/mol. The molecule has 0 aromatic heterocycles. The molecule has 5 heteroatoms. The summed E-state index contributed by atoms with van der Waals surface area (Å²) in [4.78, 5) is 25.4. The van der Waals surface area contributed by atoms with Crippen LogP contribution in [0.5, 0.6) is 0 Å². The van der Waals surface area contributed by atoms with Crippen molar-refractivity contribution < 1.29 is 9.59 Å². The molecule has 1 aliphatic heterocycles. The molecule has 1 heterocycles. The lowest BCUT2D eigenvalue weighted by molar-refractivity contribution is -0.123. The van der Waals surface area contributed by atoms with Gasteiger partial charge in [0, 0.05) is 11.1 Å². The maximum absolute atomic E-state index is 12.0. The second-order valence-corrected chi connectivity index (χ2v) is 5.63. The van der Waals surface area contributed by atoms with Crippen molar-refractivity contribution >= 4 is 40.6 Å². The van der Waals surface area contributed by atoms with Gasteiger partial charge in [0.25, 0.3) is 11.1 Å². The van der Waals surface area contributed by atoms with Gasteiger partial charge in [0.2, 0.25) is 0 Å². The van der Waals surface area contributed by atoms with Crippen LogP contribution in [0.15, 0.2) is 29.2 Å². The van der Waals surface area contributed by atoms with Gasteiger partial charge in [0.15, 0.2) is 0 Å². The van der Waals surface area contributed by atoms with E-state index in [9.17, 15) is 9.59 Å². The molecule has 0 radical (unpaired) electrons. The van der Waals surface area contributed by atoms with Crippen molar-refractivity contribution in [3.63, 3.8) is 0 Å². The molecule has 0 spiro atoms. The number of hydrogen-bond acceptors (Lipinski definition) is 3. The fourth-order valence-corrected chi connectivity index (χ4v) is 2.72. The average Bonchev–Trinajstić information content (AvgIpc) is 2.57. The SMILES string of the molecule is CC(C)N1C(=O)S/C(=C/c2ccc(Cl)cc2)C1=O. The van der Waals surface area contributed by atoms with E-state index in [0.717, 1.165) is 17.3 Å². The zero-order valence-electron chi connectivity index (χ0n) is 10.0. The molecule has 0 bridgehead atoms. The maximum Gasteiger partial charge on any atom is 0.293 e. The Morgan fingerprint density at radius 1 is 1.22 bits per heavy atom. The number of carbonyl (C=O) groups is 2. The van der Waals surface area contributed by atoms with E-state index in [4.69, 9.17) is 11.6 Å². The van der Waals surface area contributed by atoms with E-state index < -0.39 is 0 Å². The number of hydrogen-bond donors (Lipinski definition) is 0. The predicted octanol–water partition coefficient (Wildman–Crippen LogP) is 3.78. The quantitative estimate of drug-likeness (QED) is 0.774. The Hall–Kier alpha value is -1.26. The Morgan fingerprint density at radius 3 is 2.33 bits per heavy atom. The Morgan fingerprint density at radius 2 is 1.83 bits per heavy atom. The highest BCUT2D eigenvalue weighted by atomic mass is 35.5. The molecule has 0 aliphatic carbocycles. The van der Waals surface area contributed by atoms with Crippen molar-refractivity contribution in [1.82, 2.24) is 4.90 Å². The number of thioether (sulfide) groups is 1. The van der Waals surface area contributed by atoms with Crippen molar-refractivity contribution in [1.29, 1.82) is 0 Å². The maximum atomic E-state index is 12.0. The molecular formula is C13H12ClNO2S. The van der Waals surface area contributed by atoms with Crippen LogP contribution in [0, 0.1) is 0 Å². The molecule has 1 aromatic carbocycles. The van der Waals surface area contributed by atoms with Crippen LogP contribution < -0.4 is 0 Å². The van der Waals surface area contributed by atoms with E-state index in [1.807, 2.05) is 26.0 Å². The summed E-state index contributed by atoms with van der Waals surface area (Å²) in [5.41, 5.74) is 0.855. The number of halogens is 1. The van der Waals surface area contributed by atoms with Gasteiger partial charge >= 0.3 is 0 Å². The Labute approximate surface area is 115 Å². The molecule has 94 valence electrons. The van der Waals surface area contributed by atoms with Gasteiger partial charge in [-0.2, -0.15) is 0 Å². The molecule has 2 rings (SSSR count). The minimum absolute atomic E-state index is 0.117. The van der Waals surface area contributed by atoms with Crippen molar-refractivity contribution in [3.8, 4) is 0 Å². The average molecular weight is 282 g/mol. The zero-order chi connectivity index (χ0) is 13.3. The van der Waals surface area contributed by atoms with Crippen molar-refractivity contribution in [3.05, 3.63) is 39.8 Å². The minimum atomic E-state index is -0.227. The van der Waals surface area contributed by atoms with E-state index in [0.29, 0.717) is 9.93 Å². The third-order valence-corrected chi connectivity index (χ3v) is 3.64. The summed E-state index contributed by atoms with van der Waals surface area (Å²) < 4.78 is 0. The number of carbonyl (C=O) groups excluding carboxylic acids is 2. The van der Waals surface area contributed by atoms with Gasteiger partial charge in [-0.15, -0.1) is 0 Å². The molecule has 3 nitrogen and oxygen atoms in total. The van der Waals surface area contributed by atoms with E-state index in [-0.39, 0.29) is 17.2 Å². The Balaban J connectivity index is 2.28. The normalized spacial score (nSPS) is 18.2. The fraction of sp³-hybridized carbons (Fsp3) is 0.231. The first-order chi connectivity index (χ1) is 8.49. The second-order valence-electron chi connectivity index (χ2n) is 4.20. The Kier molecular flexibility index (Phi) is 3.78. The highest BCUT2D eigenvalue weighted by Crippen LogP contribution is 2.33. The van der Waals surface area contributed by atoms with Crippen molar-refractivity contribution in [2.45, 2.75) is 19.9 Å². The minimum Gasteiger partial charge on any atom is -0.268 e. The molecule has 1 saturated heterocycles. The number of imide groups is 1. The van der Waals surface area contributed by atoms with Gasteiger partial charge in [-0.3, -0.25) is 14.5 Å². The van der Waals surface area contributed by atoms with Crippen molar-refractivity contribution in [2.24, 2.45) is 0 Å². The summed E-state index contributed by atoms with van der Waals surface area (Å²) in [7, 11) is 0. The lowest BCUT2D eigenvalue weighted by atomic mass is 10.2. The lowest BCUT2D eigenvalue weighted by Gasteiger charge is -2.16. The summed E-state index contributed by atoms with van der Waals surface area (Å²) in [5, 5.41) is 0.428. The number of rotatable bonds is 2. The van der Waals surface area contributed by atoms with Crippen LogP contribution in [0.25, 0.3) is 6.08 Å². The molecule has 0 N–H and O–H groups in total. The van der Waals surface area contributed by atoms with E-state index in [1.54, 1.807) is 18.2 Å². The van der Waals surface area contributed by atoms with Crippen LogP contribution in [0.3, 0.4) is 0 Å². The topological polar surface area (TPSA) is 37.4 Å². The summed E-state index contributed by atoms with van der Waals surface area (Å²) in [6.45, 7) is 3.64. The third-order valence-electron chi connectivity index (χ3n) is 2.51. The predicted molar refractivity (Wildman–Crippen MR) is 74.4 cm³/mol. The van der Waals surface area contributed by atoms with E-state index in [1.165, 1.54) is 4.90 Å². The van der Waals surface area contributed by atoms with Gasteiger partial charge in [0.05, 0.1) is 4.91 Å². The van der Waals surface area contributed by atoms with Gasteiger partial charge in [-0.05, 0) is 49.4 Å². The molecule has 1 fully saturated rings. The molecule has 2 amide bonds. The second kappa shape index (κ2) is 5.16. The van der Waals surface area contributed by atoms with Gasteiger partial charge in [-0.1, -0.05) is 23.7 Å². The summed E-state index contributed by atoms with van der Waals surface area (Å²) in [6.07, 6.45) is 1.71. The molecule has 0 saturated carbocycles.